The van der Waals surface area contributed by atoms with E-state index < -0.39 is 0 Å². The van der Waals surface area contributed by atoms with Crippen LogP contribution in [-0.2, 0) is 9.47 Å². The highest BCUT2D eigenvalue weighted by Gasteiger charge is 2.06. The third-order valence-corrected chi connectivity index (χ3v) is 3.30. The molecule has 0 aromatic heterocycles. The molecule has 0 aliphatic carbocycles. The van der Waals surface area contributed by atoms with Gasteiger partial charge in [-0.2, -0.15) is 0 Å². The van der Waals surface area contributed by atoms with E-state index in [0.717, 1.165) is 38.9 Å². The van der Waals surface area contributed by atoms with Crippen LogP contribution in [0, 0.1) is 0 Å². The van der Waals surface area contributed by atoms with Gasteiger partial charge in [-0.3, -0.25) is 0 Å². The SMILES string of the molecule is CCC=CC=CCCC=CCCCCCC(OCC)OCC. The Morgan fingerprint density at radius 1 is 0.682 bits per heavy atom. The van der Waals surface area contributed by atoms with E-state index in [-0.39, 0.29) is 6.29 Å². The van der Waals surface area contributed by atoms with Gasteiger partial charge < -0.3 is 9.47 Å². The minimum Gasteiger partial charge on any atom is -0.353 e. The molecule has 0 spiro atoms. The van der Waals surface area contributed by atoms with Crippen molar-refractivity contribution >= 4 is 0 Å². The van der Waals surface area contributed by atoms with E-state index in [1.165, 1.54) is 25.7 Å². The molecule has 0 atom stereocenters. The van der Waals surface area contributed by atoms with Crippen molar-refractivity contribution in [3.05, 3.63) is 36.5 Å². The molecule has 0 saturated heterocycles. The lowest BCUT2D eigenvalue weighted by atomic mass is 10.1. The first kappa shape index (κ1) is 21.1. The summed E-state index contributed by atoms with van der Waals surface area (Å²) >= 11 is 0. The Hall–Kier alpha value is -0.860. The van der Waals surface area contributed by atoms with E-state index in [2.05, 4.69) is 43.4 Å². The molecule has 0 aromatic rings. The lowest BCUT2D eigenvalue weighted by Crippen LogP contribution is -2.17. The van der Waals surface area contributed by atoms with Crippen LogP contribution in [0.4, 0.5) is 0 Å². The number of unbranched alkanes of at least 4 members (excludes halogenated alkanes) is 4. The topological polar surface area (TPSA) is 18.5 Å². The number of rotatable bonds is 15. The van der Waals surface area contributed by atoms with Crippen molar-refractivity contribution in [2.75, 3.05) is 13.2 Å². The standard InChI is InChI=1S/C20H36O2/c1-4-7-8-9-10-11-12-13-14-15-16-17-18-19-20(21-5-2)22-6-3/h7-10,13-14,20H,4-6,11-12,15-19H2,1-3H3. The maximum absolute atomic E-state index is 5.54. The molecule has 0 rings (SSSR count). The van der Waals surface area contributed by atoms with Crippen LogP contribution in [0.1, 0.15) is 72.1 Å². The second-order valence-electron chi connectivity index (χ2n) is 5.29. The predicted molar refractivity (Wildman–Crippen MR) is 97.1 cm³/mol. The van der Waals surface area contributed by atoms with Crippen molar-refractivity contribution in [1.82, 2.24) is 0 Å². The Bertz CT molecular complexity index is 286. The normalized spacial score (nSPS) is 12.5. The van der Waals surface area contributed by atoms with Gasteiger partial charge in [0.1, 0.15) is 0 Å². The fraction of sp³-hybridized carbons (Fsp3) is 0.700. The molecule has 0 fully saturated rings. The van der Waals surface area contributed by atoms with Gasteiger partial charge in [0.2, 0.25) is 0 Å². The van der Waals surface area contributed by atoms with Crippen molar-refractivity contribution in [2.45, 2.75) is 78.4 Å². The van der Waals surface area contributed by atoms with E-state index in [4.69, 9.17) is 9.47 Å². The highest BCUT2D eigenvalue weighted by molar-refractivity contribution is 5.02. The quantitative estimate of drug-likeness (QED) is 0.155. The summed E-state index contributed by atoms with van der Waals surface area (Å²) < 4.78 is 11.1. The van der Waals surface area contributed by atoms with Crippen molar-refractivity contribution < 1.29 is 9.47 Å². The van der Waals surface area contributed by atoms with Crippen molar-refractivity contribution in [3.63, 3.8) is 0 Å². The molecule has 2 heteroatoms. The number of allylic oxidation sites excluding steroid dienone is 6. The van der Waals surface area contributed by atoms with E-state index in [1.807, 2.05) is 13.8 Å². The first-order valence-electron chi connectivity index (χ1n) is 9.04. The van der Waals surface area contributed by atoms with Gasteiger partial charge in [-0.05, 0) is 58.8 Å². The zero-order valence-corrected chi connectivity index (χ0v) is 14.9. The summed E-state index contributed by atoms with van der Waals surface area (Å²) in [7, 11) is 0. The minimum absolute atomic E-state index is 0.000845. The molecule has 0 aliphatic rings. The molecule has 0 aliphatic heterocycles. The minimum atomic E-state index is -0.000845. The van der Waals surface area contributed by atoms with Crippen LogP contribution in [0.5, 0.6) is 0 Å². The molecule has 2 nitrogen and oxygen atoms in total. The molecule has 128 valence electrons. The van der Waals surface area contributed by atoms with Crippen molar-refractivity contribution in [3.8, 4) is 0 Å². The van der Waals surface area contributed by atoms with Crippen molar-refractivity contribution in [2.24, 2.45) is 0 Å². The zero-order chi connectivity index (χ0) is 16.3. The second kappa shape index (κ2) is 18.2. The van der Waals surface area contributed by atoms with Crippen LogP contribution in [0.3, 0.4) is 0 Å². The Balaban J connectivity index is 3.42. The van der Waals surface area contributed by atoms with Crippen LogP contribution >= 0.6 is 0 Å². The van der Waals surface area contributed by atoms with Crippen molar-refractivity contribution in [1.29, 1.82) is 0 Å². The van der Waals surface area contributed by atoms with E-state index in [9.17, 15) is 0 Å². The van der Waals surface area contributed by atoms with E-state index in [0.29, 0.717) is 0 Å². The number of hydrogen-bond acceptors (Lipinski definition) is 2. The molecule has 0 unspecified atom stereocenters. The molecular weight excluding hydrogens is 272 g/mol. The van der Waals surface area contributed by atoms with Crippen LogP contribution in [-0.4, -0.2) is 19.5 Å². The first-order valence-corrected chi connectivity index (χ1v) is 9.04. The Labute approximate surface area is 138 Å². The molecular formula is C20H36O2. The molecule has 22 heavy (non-hydrogen) atoms. The number of ether oxygens (including phenoxy) is 2. The van der Waals surface area contributed by atoms with Gasteiger partial charge in [-0.15, -0.1) is 0 Å². The van der Waals surface area contributed by atoms with Crippen LogP contribution in [0.25, 0.3) is 0 Å². The highest BCUT2D eigenvalue weighted by atomic mass is 16.7. The van der Waals surface area contributed by atoms with Crippen LogP contribution in [0.15, 0.2) is 36.5 Å². The van der Waals surface area contributed by atoms with Crippen LogP contribution in [0.2, 0.25) is 0 Å². The Morgan fingerprint density at radius 2 is 1.32 bits per heavy atom. The summed E-state index contributed by atoms with van der Waals surface area (Å²) in [5, 5.41) is 0. The Morgan fingerprint density at radius 3 is 2.00 bits per heavy atom. The summed E-state index contributed by atoms with van der Waals surface area (Å²) in [6, 6.07) is 0. The van der Waals surface area contributed by atoms with Gasteiger partial charge in [0.05, 0.1) is 0 Å². The molecule has 0 radical (unpaired) electrons. The highest BCUT2D eigenvalue weighted by Crippen LogP contribution is 2.10. The lowest BCUT2D eigenvalue weighted by Gasteiger charge is -2.16. The lowest BCUT2D eigenvalue weighted by molar-refractivity contribution is -0.140. The summed E-state index contributed by atoms with van der Waals surface area (Å²) in [6.45, 7) is 7.66. The van der Waals surface area contributed by atoms with E-state index in [1.54, 1.807) is 0 Å². The predicted octanol–water partition coefficient (Wildman–Crippen LogP) is 6.19. The summed E-state index contributed by atoms with van der Waals surface area (Å²) in [5.74, 6) is 0. The van der Waals surface area contributed by atoms with Gasteiger partial charge in [0, 0.05) is 13.2 Å². The maximum atomic E-state index is 5.54. The van der Waals surface area contributed by atoms with Crippen LogP contribution < -0.4 is 0 Å². The fourth-order valence-corrected chi connectivity index (χ4v) is 2.15. The third kappa shape index (κ3) is 15.5. The molecule has 0 saturated carbocycles. The monoisotopic (exact) mass is 308 g/mol. The van der Waals surface area contributed by atoms with Gasteiger partial charge in [-0.1, -0.05) is 49.8 Å². The number of hydrogen-bond donors (Lipinski definition) is 0. The fourth-order valence-electron chi connectivity index (χ4n) is 2.15. The molecule has 0 aromatic carbocycles. The maximum Gasteiger partial charge on any atom is 0.157 e. The summed E-state index contributed by atoms with van der Waals surface area (Å²) in [6.07, 6.45) is 22.6. The molecule has 0 heterocycles. The largest absolute Gasteiger partial charge is 0.353 e. The summed E-state index contributed by atoms with van der Waals surface area (Å²) in [4.78, 5) is 0. The third-order valence-electron chi connectivity index (χ3n) is 3.30. The van der Waals surface area contributed by atoms with Gasteiger partial charge in [0.25, 0.3) is 0 Å². The van der Waals surface area contributed by atoms with Gasteiger partial charge >= 0.3 is 0 Å². The molecule has 0 N–H and O–H groups in total. The van der Waals surface area contributed by atoms with Gasteiger partial charge in [0.15, 0.2) is 6.29 Å². The zero-order valence-electron chi connectivity index (χ0n) is 14.9. The smallest absolute Gasteiger partial charge is 0.157 e. The average molecular weight is 309 g/mol. The summed E-state index contributed by atoms with van der Waals surface area (Å²) in [5.41, 5.74) is 0. The van der Waals surface area contributed by atoms with E-state index >= 15 is 0 Å². The second-order valence-corrected chi connectivity index (χ2v) is 5.29. The average Bonchev–Trinajstić information content (AvgIpc) is 2.52. The first-order chi connectivity index (χ1) is 10.8. The van der Waals surface area contributed by atoms with Gasteiger partial charge in [-0.25, -0.2) is 0 Å². The molecule has 0 bridgehead atoms. The Kier molecular flexibility index (Phi) is 17.5. The molecule has 0 amide bonds.